The third-order valence-corrected chi connectivity index (χ3v) is 2.68. The number of hydrogen-bond acceptors (Lipinski definition) is 2. The fraction of sp³-hybridized carbons (Fsp3) is 0.182. The summed E-state index contributed by atoms with van der Waals surface area (Å²) in [5.41, 5.74) is -0.621. The number of halogens is 4. The zero-order valence-corrected chi connectivity index (χ0v) is 10.9. The van der Waals surface area contributed by atoms with Crippen LogP contribution in [0.2, 0.25) is 0 Å². The fourth-order valence-corrected chi connectivity index (χ4v) is 1.67. The van der Waals surface area contributed by atoms with Crippen LogP contribution in [0.1, 0.15) is 5.56 Å². The van der Waals surface area contributed by atoms with Crippen LogP contribution in [-0.2, 0) is 12.7 Å². The van der Waals surface area contributed by atoms with Crippen molar-refractivity contribution in [3.05, 3.63) is 34.3 Å². The van der Waals surface area contributed by atoms with Crippen LogP contribution >= 0.6 is 22.6 Å². The first-order chi connectivity index (χ1) is 8.43. The minimum atomic E-state index is -4.46. The van der Waals surface area contributed by atoms with E-state index in [1.165, 1.54) is 0 Å². The molecule has 0 amide bonds. The Kier molecular flexibility index (Phi) is 3.38. The summed E-state index contributed by atoms with van der Waals surface area (Å²) in [7, 11) is 0. The highest BCUT2D eigenvalue weighted by molar-refractivity contribution is 14.1. The Morgan fingerprint density at radius 2 is 2.11 bits per heavy atom. The van der Waals surface area contributed by atoms with Gasteiger partial charge in [0.2, 0.25) is 0 Å². The molecular formula is C11H5F3INO2. The molecule has 1 aromatic heterocycles. The lowest BCUT2D eigenvalue weighted by molar-refractivity contribution is -0.137. The Morgan fingerprint density at radius 1 is 1.39 bits per heavy atom. The first-order valence-electron chi connectivity index (χ1n) is 4.72. The number of nitrogens with zero attached hydrogens (tertiary/aromatic N) is 1. The highest BCUT2D eigenvalue weighted by Crippen LogP contribution is 2.31. The van der Waals surface area contributed by atoms with Crippen LogP contribution < -0.4 is 5.76 Å². The molecule has 0 N–H and O–H groups in total. The van der Waals surface area contributed by atoms with Gasteiger partial charge < -0.3 is 4.42 Å². The molecule has 2 aromatic rings. The number of hydrogen-bond donors (Lipinski definition) is 0. The average molecular weight is 367 g/mol. The normalized spacial score (nSPS) is 11.3. The predicted octanol–water partition coefficient (Wildman–Crippen LogP) is 3.01. The molecule has 0 saturated heterocycles. The van der Waals surface area contributed by atoms with Crippen molar-refractivity contribution in [3.8, 4) is 9.85 Å². The standard InChI is InChI=1S/C11H5F3INO2/c12-11(13,14)7-2-3-9-8(6-7)16(5-1-4-15)10(17)18-9/h2-3,6H,5H2. The zero-order chi connectivity index (χ0) is 13.3. The highest BCUT2D eigenvalue weighted by atomic mass is 127. The number of alkyl halides is 3. The number of benzene rings is 1. The van der Waals surface area contributed by atoms with Gasteiger partial charge in [-0.25, -0.2) is 4.79 Å². The second-order valence-electron chi connectivity index (χ2n) is 3.41. The van der Waals surface area contributed by atoms with E-state index in [4.69, 9.17) is 4.42 Å². The maximum atomic E-state index is 12.6. The number of fused-ring (bicyclic) bond motifs is 1. The molecule has 0 atom stereocenters. The second kappa shape index (κ2) is 4.68. The van der Waals surface area contributed by atoms with E-state index in [-0.39, 0.29) is 17.6 Å². The summed E-state index contributed by atoms with van der Waals surface area (Å²) < 4.78 is 46.1. The van der Waals surface area contributed by atoms with Gasteiger partial charge in [-0.05, 0) is 22.1 Å². The summed E-state index contributed by atoms with van der Waals surface area (Å²) in [6.45, 7) is -0.00389. The van der Waals surface area contributed by atoms with Gasteiger partial charge in [-0.1, -0.05) is 5.92 Å². The van der Waals surface area contributed by atoms with Crippen LogP contribution in [0.4, 0.5) is 13.2 Å². The number of oxazole rings is 1. The van der Waals surface area contributed by atoms with Crippen molar-refractivity contribution < 1.29 is 17.6 Å². The molecule has 0 bridgehead atoms. The number of aromatic nitrogens is 1. The molecule has 0 radical (unpaired) electrons. The van der Waals surface area contributed by atoms with Gasteiger partial charge in [0.25, 0.3) is 0 Å². The van der Waals surface area contributed by atoms with E-state index in [0.29, 0.717) is 0 Å². The highest BCUT2D eigenvalue weighted by Gasteiger charge is 2.31. The Hall–Kier alpha value is -1.43. The smallest absolute Gasteiger partial charge is 0.408 e. The van der Waals surface area contributed by atoms with Crippen LogP contribution in [0.25, 0.3) is 11.1 Å². The van der Waals surface area contributed by atoms with Crippen LogP contribution in [0.5, 0.6) is 0 Å². The lowest BCUT2D eigenvalue weighted by Gasteiger charge is -2.06. The van der Waals surface area contributed by atoms with Crippen LogP contribution in [0, 0.1) is 9.85 Å². The van der Waals surface area contributed by atoms with Crippen molar-refractivity contribution in [1.29, 1.82) is 0 Å². The van der Waals surface area contributed by atoms with E-state index < -0.39 is 17.5 Å². The minimum absolute atomic E-state index is 0.00389. The Bertz CT molecular complexity index is 703. The second-order valence-corrected chi connectivity index (χ2v) is 3.95. The van der Waals surface area contributed by atoms with E-state index in [9.17, 15) is 18.0 Å². The molecule has 0 fully saturated rings. The van der Waals surface area contributed by atoms with Gasteiger partial charge in [-0.3, -0.25) is 4.57 Å². The van der Waals surface area contributed by atoms with Crippen LogP contribution in [0.3, 0.4) is 0 Å². The lowest BCUT2D eigenvalue weighted by atomic mass is 10.2. The molecular weight excluding hydrogens is 362 g/mol. The van der Waals surface area contributed by atoms with E-state index in [1.54, 1.807) is 22.6 Å². The molecule has 0 unspecified atom stereocenters. The van der Waals surface area contributed by atoms with Gasteiger partial charge in [-0.15, -0.1) is 0 Å². The monoisotopic (exact) mass is 367 g/mol. The molecule has 1 aromatic carbocycles. The zero-order valence-electron chi connectivity index (χ0n) is 8.71. The molecule has 94 valence electrons. The summed E-state index contributed by atoms with van der Waals surface area (Å²) in [6, 6.07) is 2.89. The molecule has 2 rings (SSSR count). The molecule has 7 heteroatoms. The first-order valence-corrected chi connectivity index (χ1v) is 5.80. The maximum absolute atomic E-state index is 12.6. The average Bonchev–Trinajstić information content (AvgIpc) is 2.60. The summed E-state index contributed by atoms with van der Waals surface area (Å²) in [4.78, 5) is 11.5. The van der Waals surface area contributed by atoms with Gasteiger partial charge in [0.1, 0.15) is 0 Å². The molecule has 18 heavy (non-hydrogen) atoms. The van der Waals surface area contributed by atoms with Crippen molar-refractivity contribution >= 4 is 33.7 Å². The van der Waals surface area contributed by atoms with E-state index >= 15 is 0 Å². The van der Waals surface area contributed by atoms with Crippen LogP contribution in [-0.4, -0.2) is 4.57 Å². The summed E-state index contributed by atoms with van der Waals surface area (Å²) in [6.07, 6.45) is -4.46. The predicted molar refractivity (Wildman–Crippen MR) is 67.3 cm³/mol. The third-order valence-electron chi connectivity index (χ3n) is 2.30. The van der Waals surface area contributed by atoms with Crippen molar-refractivity contribution in [2.24, 2.45) is 0 Å². The quantitative estimate of drug-likeness (QED) is 0.574. The largest absolute Gasteiger partial charge is 0.420 e. The van der Waals surface area contributed by atoms with E-state index in [2.05, 4.69) is 9.85 Å². The lowest BCUT2D eigenvalue weighted by Crippen LogP contribution is -2.13. The molecule has 0 aliphatic rings. The van der Waals surface area contributed by atoms with Gasteiger partial charge in [0, 0.05) is 22.6 Å². The Labute approximate surface area is 113 Å². The van der Waals surface area contributed by atoms with Crippen LogP contribution in [0.15, 0.2) is 27.4 Å². The molecule has 0 spiro atoms. The molecule has 0 aliphatic carbocycles. The topological polar surface area (TPSA) is 35.1 Å². The third kappa shape index (κ3) is 2.38. The molecule has 0 saturated carbocycles. The SMILES string of the molecule is O=c1oc2ccc(C(F)(F)F)cc2n1CC#CI. The van der Waals surface area contributed by atoms with Gasteiger partial charge >= 0.3 is 11.9 Å². The fourth-order valence-electron chi connectivity index (χ4n) is 1.50. The van der Waals surface area contributed by atoms with Crippen molar-refractivity contribution in [3.63, 3.8) is 0 Å². The van der Waals surface area contributed by atoms with Crippen molar-refractivity contribution in [2.45, 2.75) is 12.7 Å². The first kappa shape index (κ1) is 13.0. The molecule has 3 nitrogen and oxygen atoms in total. The van der Waals surface area contributed by atoms with Gasteiger partial charge in [0.15, 0.2) is 5.58 Å². The molecule has 1 heterocycles. The Morgan fingerprint density at radius 3 is 2.72 bits per heavy atom. The van der Waals surface area contributed by atoms with Gasteiger partial charge in [-0.2, -0.15) is 13.2 Å². The van der Waals surface area contributed by atoms with E-state index in [0.717, 1.165) is 22.8 Å². The van der Waals surface area contributed by atoms with Crippen molar-refractivity contribution in [2.75, 3.05) is 0 Å². The summed E-state index contributed by atoms with van der Waals surface area (Å²) in [5.74, 6) is 1.88. The van der Waals surface area contributed by atoms with Crippen molar-refractivity contribution in [1.82, 2.24) is 4.57 Å². The molecule has 0 aliphatic heterocycles. The summed E-state index contributed by atoms with van der Waals surface area (Å²) >= 11 is 1.78. The number of rotatable bonds is 1. The Balaban J connectivity index is 2.65. The maximum Gasteiger partial charge on any atom is 0.420 e. The van der Waals surface area contributed by atoms with E-state index in [1.807, 2.05) is 0 Å². The minimum Gasteiger partial charge on any atom is -0.408 e. The summed E-state index contributed by atoms with van der Waals surface area (Å²) in [5, 5.41) is 0. The van der Waals surface area contributed by atoms with Gasteiger partial charge in [0.05, 0.1) is 17.6 Å².